The van der Waals surface area contributed by atoms with Crippen molar-refractivity contribution in [3.8, 4) is 0 Å². The van der Waals surface area contributed by atoms with E-state index in [0.29, 0.717) is 13.1 Å². The predicted octanol–water partition coefficient (Wildman–Crippen LogP) is 1.38. The molecule has 0 aliphatic carbocycles. The lowest BCUT2D eigenvalue weighted by Crippen LogP contribution is -2.41. The molecule has 1 aliphatic rings. The fourth-order valence-corrected chi connectivity index (χ4v) is 4.16. The monoisotopic (exact) mass is 374 g/mol. The van der Waals surface area contributed by atoms with E-state index in [1.165, 1.54) is 10.2 Å². The first kappa shape index (κ1) is 19.4. The Morgan fingerprint density at radius 3 is 2.59 bits per heavy atom. The summed E-state index contributed by atoms with van der Waals surface area (Å²) in [4.78, 5) is 27.0. The Morgan fingerprint density at radius 2 is 1.96 bits per heavy atom. The van der Waals surface area contributed by atoms with Gasteiger partial charge in [0.1, 0.15) is 12.4 Å². The number of amides is 1. The molecule has 1 amide bonds. The number of aryl methyl sites for hydroxylation is 2. The Bertz CT molecular complexity index is 891. The minimum atomic E-state index is -0.0920. The Balaban J connectivity index is 1.76. The van der Waals surface area contributed by atoms with Crippen molar-refractivity contribution >= 4 is 5.91 Å². The molecule has 8 nitrogen and oxygen atoms in total. The number of rotatable bonds is 5. The number of aromatic nitrogens is 5. The highest BCUT2D eigenvalue weighted by Gasteiger charge is 2.29. The van der Waals surface area contributed by atoms with Gasteiger partial charge >= 0.3 is 5.69 Å². The molecule has 1 unspecified atom stereocenters. The Morgan fingerprint density at radius 1 is 1.22 bits per heavy atom. The Kier molecular flexibility index (Phi) is 5.53. The van der Waals surface area contributed by atoms with Crippen molar-refractivity contribution in [2.75, 3.05) is 13.1 Å². The number of nitrogens with zero attached hydrogens (tertiary/aromatic N) is 6. The smallest absolute Gasteiger partial charge is 0.340 e. The van der Waals surface area contributed by atoms with Gasteiger partial charge in [-0.3, -0.25) is 14.0 Å². The predicted molar refractivity (Wildman–Crippen MR) is 103 cm³/mol. The van der Waals surface area contributed by atoms with Gasteiger partial charge in [-0.1, -0.05) is 6.92 Å². The van der Waals surface area contributed by atoms with Gasteiger partial charge in [0.25, 0.3) is 0 Å². The highest BCUT2D eigenvalue weighted by Crippen LogP contribution is 2.25. The summed E-state index contributed by atoms with van der Waals surface area (Å²) in [5, 5.41) is 8.98. The van der Waals surface area contributed by atoms with E-state index in [9.17, 15) is 9.59 Å². The summed E-state index contributed by atoms with van der Waals surface area (Å²) in [6.07, 6.45) is 2.79. The average molecular weight is 374 g/mol. The summed E-state index contributed by atoms with van der Waals surface area (Å²) in [5.74, 6) is 0.972. The molecule has 1 aliphatic heterocycles. The van der Waals surface area contributed by atoms with Gasteiger partial charge in [-0.2, -0.15) is 10.2 Å². The number of carbonyl (C=O) groups excluding carboxylic acids is 1. The largest absolute Gasteiger partial charge is 0.345 e. The lowest BCUT2D eigenvalue weighted by atomic mass is 9.97. The molecule has 1 fully saturated rings. The molecule has 2 aromatic rings. The third-order valence-electron chi connectivity index (χ3n) is 5.66. The quantitative estimate of drug-likeness (QED) is 0.792. The number of likely N-dealkylation sites (tertiary alicyclic amines) is 1. The lowest BCUT2D eigenvalue weighted by Gasteiger charge is -2.32. The molecule has 8 heteroatoms. The van der Waals surface area contributed by atoms with E-state index in [-0.39, 0.29) is 24.1 Å². The van der Waals surface area contributed by atoms with Crippen LogP contribution in [-0.2, 0) is 31.4 Å². The second kappa shape index (κ2) is 7.70. The van der Waals surface area contributed by atoms with Crippen LogP contribution in [0.4, 0.5) is 0 Å². The first-order chi connectivity index (χ1) is 12.9. The average Bonchev–Trinajstić information content (AvgIpc) is 3.10. The van der Waals surface area contributed by atoms with Crippen LogP contribution in [0.5, 0.6) is 0 Å². The maximum absolute atomic E-state index is 12.9. The zero-order valence-corrected chi connectivity index (χ0v) is 17.0. The molecular weight excluding hydrogens is 344 g/mol. The third-order valence-corrected chi connectivity index (χ3v) is 5.66. The molecule has 2 aromatic heterocycles. The molecule has 3 rings (SSSR count). The summed E-state index contributed by atoms with van der Waals surface area (Å²) in [6, 6.07) is 0. The molecule has 148 valence electrons. The van der Waals surface area contributed by atoms with Crippen molar-refractivity contribution < 1.29 is 4.79 Å². The summed E-state index contributed by atoms with van der Waals surface area (Å²) in [6.45, 7) is 10.3. The van der Waals surface area contributed by atoms with E-state index in [0.717, 1.165) is 43.0 Å². The number of piperidine rings is 1. The molecule has 3 heterocycles. The molecule has 0 saturated carbocycles. The Hall–Kier alpha value is -2.38. The molecule has 0 radical (unpaired) electrons. The molecule has 0 spiro atoms. The van der Waals surface area contributed by atoms with E-state index in [4.69, 9.17) is 0 Å². The molecule has 27 heavy (non-hydrogen) atoms. The van der Waals surface area contributed by atoms with Gasteiger partial charge < -0.3 is 4.90 Å². The minimum absolute atomic E-state index is 0.0780. The number of hydrogen-bond donors (Lipinski definition) is 0. The highest BCUT2D eigenvalue weighted by molar-refractivity contribution is 5.76. The van der Waals surface area contributed by atoms with E-state index in [2.05, 4.69) is 17.1 Å². The zero-order chi connectivity index (χ0) is 19.7. The van der Waals surface area contributed by atoms with Crippen LogP contribution in [-0.4, -0.2) is 48.0 Å². The van der Waals surface area contributed by atoms with E-state index in [1.54, 1.807) is 11.6 Å². The lowest BCUT2D eigenvalue weighted by molar-refractivity contribution is -0.133. The van der Waals surface area contributed by atoms with Gasteiger partial charge in [-0.05, 0) is 45.6 Å². The summed E-state index contributed by atoms with van der Waals surface area (Å²) in [7, 11) is 1.68. The van der Waals surface area contributed by atoms with Crippen LogP contribution in [0.1, 0.15) is 55.4 Å². The van der Waals surface area contributed by atoms with Crippen LogP contribution in [0.3, 0.4) is 0 Å². The number of carbonyl (C=O) groups is 1. The first-order valence-electron chi connectivity index (χ1n) is 9.81. The summed E-state index contributed by atoms with van der Waals surface area (Å²) < 4.78 is 4.93. The van der Waals surface area contributed by atoms with Crippen molar-refractivity contribution in [1.82, 2.24) is 29.0 Å². The molecule has 0 aromatic carbocycles. The van der Waals surface area contributed by atoms with Crippen LogP contribution < -0.4 is 5.69 Å². The fourth-order valence-electron chi connectivity index (χ4n) is 4.16. The second-order valence-corrected chi connectivity index (χ2v) is 7.35. The topological polar surface area (TPSA) is 78.0 Å². The van der Waals surface area contributed by atoms with Crippen molar-refractivity contribution in [2.45, 2.75) is 66.0 Å². The van der Waals surface area contributed by atoms with Crippen LogP contribution in [0.2, 0.25) is 0 Å². The normalized spacial score (nSPS) is 17.5. The summed E-state index contributed by atoms with van der Waals surface area (Å²) in [5.41, 5.74) is 3.20. The standard InChI is InChI=1S/C19H30N6O2/c1-6-16-13(3)20-25(14(16)4)12-17(26)23-10-8-9-15(11-23)18-21-22(5)19(27)24(18)7-2/h15H,6-12H2,1-5H3. The van der Waals surface area contributed by atoms with Crippen LogP contribution in [0, 0.1) is 13.8 Å². The molecule has 1 atom stereocenters. The van der Waals surface area contributed by atoms with Gasteiger partial charge in [0.05, 0.1) is 5.69 Å². The fraction of sp³-hybridized carbons (Fsp3) is 0.684. The first-order valence-corrected chi connectivity index (χ1v) is 9.81. The van der Waals surface area contributed by atoms with Crippen LogP contribution in [0.15, 0.2) is 4.79 Å². The molecule has 0 bridgehead atoms. The number of hydrogen-bond acceptors (Lipinski definition) is 4. The van der Waals surface area contributed by atoms with Gasteiger partial charge in [-0.15, -0.1) is 0 Å². The van der Waals surface area contributed by atoms with Crippen LogP contribution >= 0.6 is 0 Å². The van der Waals surface area contributed by atoms with Gasteiger partial charge in [0.15, 0.2) is 0 Å². The Labute approximate surface area is 159 Å². The van der Waals surface area contributed by atoms with Crippen molar-refractivity contribution in [3.05, 3.63) is 33.3 Å². The zero-order valence-electron chi connectivity index (χ0n) is 17.0. The van der Waals surface area contributed by atoms with Crippen molar-refractivity contribution in [1.29, 1.82) is 0 Å². The van der Waals surface area contributed by atoms with Crippen LogP contribution in [0.25, 0.3) is 0 Å². The second-order valence-electron chi connectivity index (χ2n) is 7.35. The molecule has 0 N–H and O–H groups in total. The van der Waals surface area contributed by atoms with Crippen molar-refractivity contribution in [3.63, 3.8) is 0 Å². The SMILES string of the molecule is CCc1c(C)nn(CC(=O)N2CCCC(c3nn(C)c(=O)n3CC)C2)c1C. The summed E-state index contributed by atoms with van der Waals surface area (Å²) >= 11 is 0. The van der Waals surface area contributed by atoms with Gasteiger partial charge in [0, 0.05) is 38.3 Å². The van der Waals surface area contributed by atoms with Crippen molar-refractivity contribution in [2.24, 2.45) is 7.05 Å². The van der Waals surface area contributed by atoms with Gasteiger partial charge in [0.2, 0.25) is 5.91 Å². The van der Waals surface area contributed by atoms with Gasteiger partial charge in [-0.25, -0.2) is 9.48 Å². The maximum atomic E-state index is 12.9. The molecule has 1 saturated heterocycles. The van der Waals surface area contributed by atoms with E-state index >= 15 is 0 Å². The van der Waals surface area contributed by atoms with E-state index in [1.807, 2.05) is 30.4 Å². The minimum Gasteiger partial charge on any atom is -0.340 e. The molecular formula is C19H30N6O2. The van der Waals surface area contributed by atoms with E-state index < -0.39 is 0 Å². The highest BCUT2D eigenvalue weighted by atomic mass is 16.2. The third kappa shape index (κ3) is 3.57. The maximum Gasteiger partial charge on any atom is 0.345 e.